The van der Waals surface area contributed by atoms with Gasteiger partial charge in [0.15, 0.2) is 6.61 Å². The first-order valence-corrected chi connectivity index (χ1v) is 6.96. The number of nitro benzene ring substituents is 1. The smallest absolute Gasteiger partial charge is 0.269 e. The molecular weight excluding hydrogens is 322 g/mol. The van der Waals surface area contributed by atoms with Gasteiger partial charge < -0.3 is 9.15 Å². The van der Waals surface area contributed by atoms with Gasteiger partial charge in [0.25, 0.3) is 11.6 Å². The van der Waals surface area contributed by atoms with Crippen molar-refractivity contribution in [2.75, 3.05) is 0 Å². The number of hydrogen-bond donors (Lipinski definition) is 0. The van der Waals surface area contributed by atoms with Crippen LogP contribution in [0.2, 0.25) is 5.02 Å². The topological polar surface area (TPSA) is 91.3 Å². The Labute approximate surface area is 135 Å². The zero-order valence-electron chi connectivity index (χ0n) is 11.7. The molecule has 3 rings (SSSR count). The molecule has 0 N–H and O–H groups in total. The Hall–Kier alpha value is -2.93. The molecule has 116 valence electrons. The van der Waals surface area contributed by atoms with Crippen LogP contribution >= 0.6 is 11.6 Å². The highest BCUT2D eigenvalue weighted by Crippen LogP contribution is 2.26. The molecule has 0 amide bonds. The number of rotatable bonds is 5. The molecular formula is C15H10ClN3O4. The summed E-state index contributed by atoms with van der Waals surface area (Å²) in [5, 5.41) is 18.9. The summed E-state index contributed by atoms with van der Waals surface area (Å²) in [5.74, 6) is 1.05. The van der Waals surface area contributed by atoms with Crippen molar-refractivity contribution in [3.8, 4) is 17.2 Å². The fourth-order valence-electron chi connectivity index (χ4n) is 1.86. The number of halogens is 1. The van der Waals surface area contributed by atoms with E-state index in [9.17, 15) is 10.1 Å². The molecule has 3 aromatic rings. The van der Waals surface area contributed by atoms with Gasteiger partial charge in [-0.15, -0.1) is 10.2 Å². The van der Waals surface area contributed by atoms with Crippen LogP contribution in [0.3, 0.4) is 0 Å². The van der Waals surface area contributed by atoms with Gasteiger partial charge in [0.1, 0.15) is 5.75 Å². The van der Waals surface area contributed by atoms with E-state index in [2.05, 4.69) is 10.2 Å². The summed E-state index contributed by atoms with van der Waals surface area (Å²) in [5.41, 5.74) is 0.638. The Balaban J connectivity index is 1.68. The van der Waals surface area contributed by atoms with E-state index in [1.807, 2.05) is 6.07 Å². The molecule has 2 aromatic carbocycles. The molecule has 0 radical (unpaired) electrons. The number of non-ortho nitro benzene ring substituents is 1. The minimum absolute atomic E-state index is 0.00357. The van der Waals surface area contributed by atoms with Gasteiger partial charge in [-0.1, -0.05) is 23.7 Å². The van der Waals surface area contributed by atoms with Crippen molar-refractivity contribution in [2.45, 2.75) is 6.61 Å². The molecule has 0 saturated heterocycles. The molecule has 1 heterocycles. The van der Waals surface area contributed by atoms with E-state index in [1.165, 1.54) is 24.3 Å². The SMILES string of the molecule is O=[N+]([O-])c1ccc(OCc2nnc(-c3ccccc3Cl)o2)cc1. The summed E-state index contributed by atoms with van der Waals surface area (Å²) < 4.78 is 10.9. The van der Waals surface area contributed by atoms with Crippen molar-refractivity contribution < 1.29 is 14.1 Å². The maximum Gasteiger partial charge on any atom is 0.269 e. The van der Waals surface area contributed by atoms with Crippen LogP contribution in [-0.2, 0) is 6.61 Å². The minimum atomic E-state index is -0.475. The van der Waals surface area contributed by atoms with Gasteiger partial charge >= 0.3 is 0 Å². The van der Waals surface area contributed by atoms with Gasteiger partial charge in [-0.25, -0.2) is 0 Å². The number of nitrogens with zero attached hydrogens (tertiary/aromatic N) is 3. The van der Waals surface area contributed by atoms with Gasteiger partial charge in [0.2, 0.25) is 5.89 Å². The zero-order chi connectivity index (χ0) is 16.2. The average Bonchev–Trinajstić information content (AvgIpc) is 3.02. The van der Waals surface area contributed by atoms with Crippen LogP contribution in [0.1, 0.15) is 5.89 Å². The second-order valence-electron chi connectivity index (χ2n) is 4.52. The van der Waals surface area contributed by atoms with Crippen molar-refractivity contribution in [3.63, 3.8) is 0 Å². The lowest BCUT2D eigenvalue weighted by Gasteiger charge is -2.02. The molecule has 23 heavy (non-hydrogen) atoms. The molecule has 8 heteroatoms. The van der Waals surface area contributed by atoms with Crippen LogP contribution in [0, 0.1) is 10.1 Å². The average molecular weight is 332 g/mol. The van der Waals surface area contributed by atoms with Gasteiger partial charge in [-0.3, -0.25) is 10.1 Å². The van der Waals surface area contributed by atoms with Gasteiger partial charge in [0, 0.05) is 12.1 Å². The van der Waals surface area contributed by atoms with Crippen LogP contribution in [0.5, 0.6) is 5.75 Å². The number of benzene rings is 2. The summed E-state index contributed by atoms with van der Waals surface area (Å²) in [6.07, 6.45) is 0. The predicted octanol–water partition coefficient (Wildman–Crippen LogP) is 3.88. The summed E-state index contributed by atoms with van der Waals surface area (Å²) in [6, 6.07) is 12.9. The van der Waals surface area contributed by atoms with E-state index < -0.39 is 4.92 Å². The van der Waals surface area contributed by atoms with Crippen LogP contribution in [0.4, 0.5) is 5.69 Å². The first kappa shape index (κ1) is 15.0. The van der Waals surface area contributed by atoms with E-state index in [1.54, 1.807) is 18.2 Å². The van der Waals surface area contributed by atoms with Crippen molar-refractivity contribution in [1.29, 1.82) is 0 Å². The molecule has 0 unspecified atom stereocenters. The second-order valence-corrected chi connectivity index (χ2v) is 4.93. The van der Waals surface area contributed by atoms with Crippen LogP contribution in [0.15, 0.2) is 52.9 Å². The lowest BCUT2D eigenvalue weighted by molar-refractivity contribution is -0.384. The third-order valence-electron chi connectivity index (χ3n) is 2.98. The molecule has 0 saturated carbocycles. The summed E-state index contributed by atoms with van der Waals surface area (Å²) >= 11 is 6.07. The first-order valence-electron chi connectivity index (χ1n) is 6.58. The molecule has 0 bridgehead atoms. The van der Waals surface area contributed by atoms with Crippen molar-refractivity contribution in [2.24, 2.45) is 0 Å². The van der Waals surface area contributed by atoms with E-state index in [-0.39, 0.29) is 18.2 Å². The summed E-state index contributed by atoms with van der Waals surface area (Å²) in [4.78, 5) is 10.1. The quantitative estimate of drug-likeness (QED) is 0.520. The van der Waals surface area contributed by atoms with Crippen molar-refractivity contribution in [3.05, 3.63) is 69.6 Å². The lowest BCUT2D eigenvalue weighted by atomic mass is 10.2. The van der Waals surface area contributed by atoms with Gasteiger partial charge in [-0.05, 0) is 24.3 Å². The predicted molar refractivity (Wildman–Crippen MR) is 82.2 cm³/mol. The summed E-state index contributed by atoms with van der Waals surface area (Å²) in [7, 11) is 0. The molecule has 0 spiro atoms. The second kappa shape index (κ2) is 6.45. The van der Waals surface area contributed by atoms with E-state index in [0.29, 0.717) is 22.2 Å². The Bertz CT molecular complexity index is 833. The maximum atomic E-state index is 10.6. The Morgan fingerprint density at radius 1 is 1.13 bits per heavy atom. The third kappa shape index (κ3) is 3.46. The molecule has 0 aliphatic carbocycles. The standard InChI is InChI=1S/C15H10ClN3O4/c16-13-4-2-1-3-12(13)15-18-17-14(23-15)9-22-11-7-5-10(6-8-11)19(20)21/h1-8H,9H2. The van der Waals surface area contributed by atoms with Crippen LogP contribution in [0.25, 0.3) is 11.5 Å². The third-order valence-corrected chi connectivity index (χ3v) is 3.31. The number of hydrogen-bond acceptors (Lipinski definition) is 6. The Kier molecular flexibility index (Phi) is 4.20. The first-order chi connectivity index (χ1) is 11.1. The molecule has 0 aliphatic heterocycles. The summed E-state index contributed by atoms with van der Waals surface area (Å²) in [6.45, 7) is 0.0509. The van der Waals surface area contributed by atoms with Crippen molar-refractivity contribution >= 4 is 17.3 Å². The largest absolute Gasteiger partial charge is 0.484 e. The van der Waals surface area contributed by atoms with Crippen molar-refractivity contribution in [1.82, 2.24) is 10.2 Å². The highest BCUT2D eigenvalue weighted by Gasteiger charge is 2.12. The fourth-order valence-corrected chi connectivity index (χ4v) is 2.08. The van der Waals surface area contributed by atoms with Gasteiger partial charge in [0.05, 0.1) is 15.5 Å². The lowest BCUT2D eigenvalue weighted by Crippen LogP contribution is -1.96. The molecule has 1 aromatic heterocycles. The number of ether oxygens (including phenoxy) is 1. The van der Waals surface area contributed by atoms with Crippen LogP contribution in [-0.4, -0.2) is 15.1 Å². The van der Waals surface area contributed by atoms with Crippen LogP contribution < -0.4 is 4.74 Å². The molecule has 0 atom stereocenters. The highest BCUT2D eigenvalue weighted by atomic mass is 35.5. The highest BCUT2D eigenvalue weighted by molar-refractivity contribution is 6.33. The van der Waals surface area contributed by atoms with E-state index in [0.717, 1.165) is 0 Å². The maximum absolute atomic E-state index is 10.6. The fraction of sp³-hybridized carbons (Fsp3) is 0.0667. The Morgan fingerprint density at radius 2 is 1.87 bits per heavy atom. The molecule has 0 aliphatic rings. The molecule has 7 nitrogen and oxygen atoms in total. The monoisotopic (exact) mass is 331 g/mol. The normalized spacial score (nSPS) is 10.5. The van der Waals surface area contributed by atoms with Gasteiger partial charge in [-0.2, -0.15) is 0 Å². The van der Waals surface area contributed by atoms with E-state index in [4.69, 9.17) is 20.8 Å². The molecule has 0 fully saturated rings. The minimum Gasteiger partial charge on any atom is -0.484 e. The number of aromatic nitrogens is 2. The Morgan fingerprint density at radius 3 is 2.57 bits per heavy atom. The van der Waals surface area contributed by atoms with E-state index >= 15 is 0 Å². The zero-order valence-corrected chi connectivity index (χ0v) is 12.4. The number of nitro groups is 1.